The second-order valence-electron chi connectivity index (χ2n) is 7.62. The van der Waals surface area contributed by atoms with E-state index in [1.807, 2.05) is 24.3 Å². The summed E-state index contributed by atoms with van der Waals surface area (Å²) in [5.74, 6) is 0.453. The summed E-state index contributed by atoms with van der Waals surface area (Å²) in [6, 6.07) is 19.3. The van der Waals surface area contributed by atoms with Crippen LogP contribution < -0.4 is 15.4 Å². The highest BCUT2D eigenvalue weighted by molar-refractivity contribution is 6.36. The van der Waals surface area contributed by atoms with Gasteiger partial charge in [-0.25, -0.2) is 4.98 Å². The molecule has 1 heterocycles. The Morgan fingerprint density at radius 1 is 1.06 bits per heavy atom. The third kappa shape index (κ3) is 6.20. The number of ether oxygens (including phenoxy) is 1. The molecule has 0 fully saturated rings. The van der Waals surface area contributed by atoms with Crippen molar-refractivity contribution in [3.05, 3.63) is 99.4 Å². The number of halogens is 2. The number of nitrogens with zero attached hydrogens (tertiary/aromatic N) is 1. The molecule has 0 aliphatic heterocycles. The number of nitrogens with one attached hydrogen (secondary N) is 3. The van der Waals surface area contributed by atoms with E-state index in [2.05, 4.69) is 20.6 Å². The Kier molecular flexibility index (Phi) is 7.70. The van der Waals surface area contributed by atoms with Gasteiger partial charge in [-0.05, 0) is 54.1 Å². The Balaban J connectivity index is 1.50. The van der Waals surface area contributed by atoms with E-state index < -0.39 is 11.8 Å². The number of amides is 2. The van der Waals surface area contributed by atoms with E-state index in [4.69, 9.17) is 27.9 Å². The molecule has 0 saturated carbocycles. The van der Waals surface area contributed by atoms with Crippen molar-refractivity contribution >= 4 is 52.1 Å². The van der Waals surface area contributed by atoms with E-state index in [9.17, 15) is 9.59 Å². The summed E-state index contributed by atoms with van der Waals surface area (Å²) in [4.78, 5) is 33.7. The predicted molar refractivity (Wildman–Crippen MR) is 138 cm³/mol. The summed E-state index contributed by atoms with van der Waals surface area (Å²) in [5, 5.41) is 6.10. The summed E-state index contributed by atoms with van der Waals surface area (Å²) in [7, 11) is 1.57. The highest BCUT2D eigenvalue weighted by Gasteiger charge is 2.17. The molecule has 0 aliphatic rings. The third-order valence-electron chi connectivity index (χ3n) is 5.18. The van der Waals surface area contributed by atoms with Crippen LogP contribution in [0, 0.1) is 0 Å². The Bertz CT molecular complexity index is 1360. The molecule has 0 radical (unpaired) electrons. The van der Waals surface area contributed by atoms with E-state index in [1.54, 1.807) is 43.5 Å². The van der Waals surface area contributed by atoms with Gasteiger partial charge < -0.3 is 20.4 Å². The minimum absolute atomic E-state index is 0.0655. The van der Waals surface area contributed by atoms with Crippen molar-refractivity contribution < 1.29 is 14.3 Å². The van der Waals surface area contributed by atoms with Crippen molar-refractivity contribution in [2.45, 2.75) is 6.42 Å². The first-order chi connectivity index (χ1) is 16.9. The monoisotopic (exact) mass is 508 g/mol. The normalized spacial score (nSPS) is 11.3. The van der Waals surface area contributed by atoms with Crippen LogP contribution in [0.5, 0.6) is 5.75 Å². The van der Waals surface area contributed by atoms with Gasteiger partial charge in [0.15, 0.2) is 0 Å². The molecule has 1 aromatic heterocycles. The number of hydrogen-bond donors (Lipinski definition) is 3. The van der Waals surface area contributed by atoms with E-state index in [0.717, 1.165) is 16.9 Å². The summed E-state index contributed by atoms with van der Waals surface area (Å²) < 4.78 is 5.18. The molecular formula is C26H22Cl2N4O3. The topological polar surface area (TPSA) is 96.1 Å². The van der Waals surface area contributed by atoms with Crippen molar-refractivity contribution in [2.24, 2.45) is 0 Å². The predicted octanol–water partition coefficient (Wildman–Crippen LogP) is 5.01. The number of carbonyl (C=O) groups is 2. The molecule has 0 atom stereocenters. The summed E-state index contributed by atoms with van der Waals surface area (Å²) in [6.07, 6.45) is 2.07. The number of aromatic amines is 1. The molecule has 0 bridgehead atoms. The molecule has 0 aliphatic carbocycles. The van der Waals surface area contributed by atoms with E-state index >= 15 is 0 Å². The Labute approximate surface area is 212 Å². The quantitative estimate of drug-likeness (QED) is 0.291. The molecule has 0 unspecified atom stereocenters. The van der Waals surface area contributed by atoms with Gasteiger partial charge in [0.2, 0.25) is 0 Å². The first kappa shape index (κ1) is 24.3. The van der Waals surface area contributed by atoms with Crippen LogP contribution in [0.15, 0.2) is 72.4 Å². The minimum atomic E-state index is -0.529. The van der Waals surface area contributed by atoms with Crippen LogP contribution in [0.1, 0.15) is 21.7 Å². The van der Waals surface area contributed by atoms with Crippen molar-refractivity contribution in [3.63, 3.8) is 0 Å². The summed E-state index contributed by atoms with van der Waals surface area (Å²) in [6.45, 7) is 0.316. The molecule has 4 aromatic rings. The van der Waals surface area contributed by atoms with Crippen LogP contribution in [-0.2, 0) is 11.2 Å². The average molecular weight is 509 g/mol. The molecule has 2 amide bonds. The second-order valence-corrected chi connectivity index (χ2v) is 8.46. The lowest BCUT2D eigenvalue weighted by molar-refractivity contribution is -0.117. The van der Waals surface area contributed by atoms with Crippen LogP contribution in [0.4, 0.5) is 0 Å². The third-order valence-corrected chi connectivity index (χ3v) is 5.73. The number of methoxy groups -OCH3 is 1. The van der Waals surface area contributed by atoms with Crippen molar-refractivity contribution in [2.75, 3.05) is 13.7 Å². The number of benzene rings is 3. The van der Waals surface area contributed by atoms with Crippen molar-refractivity contribution in [1.29, 1.82) is 0 Å². The van der Waals surface area contributed by atoms with Crippen LogP contribution in [0.3, 0.4) is 0 Å². The van der Waals surface area contributed by atoms with Gasteiger partial charge in [-0.2, -0.15) is 0 Å². The fourth-order valence-electron chi connectivity index (χ4n) is 3.40. The van der Waals surface area contributed by atoms with Crippen molar-refractivity contribution in [3.8, 4) is 5.75 Å². The lowest BCUT2D eigenvalue weighted by atomic mass is 10.1. The molecular weight excluding hydrogens is 487 g/mol. The Morgan fingerprint density at radius 2 is 1.83 bits per heavy atom. The zero-order chi connectivity index (χ0) is 24.8. The highest BCUT2D eigenvalue weighted by atomic mass is 35.5. The molecule has 0 saturated heterocycles. The van der Waals surface area contributed by atoms with Gasteiger partial charge in [0.05, 0.1) is 28.7 Å². The largest absolute Gasteiger partial charge is 0.497 e. The van der Waals surface area contributed by atoms with Gasteiger partial charge in [0.25, 0.3) is 11.8 Å². The van der Waals surface area contributed by atoms with Crippen LogP contribution in [0.2, 0.25) is 10.0 Å². The molecule has 3 N–H and O–H groups in total. The number of H-pyrrole nitrogens is 1. The summed E-state index contributed by atoms with van der Waals surface area (Å²) in [5.41, 5.74) is 2.76. The Hall–Kier alpha value is -3.81. The fourth-order valence-corrected chi connectivity index (χ4v) is 3.90. The van der Waals surface area contributed by atoms with E-state index in [1.165, 1.54) is 12.1 Å². The smallest absolute Gasteiger partial charge is 0.267 e. The molecule has 7 nitrogen and oxygen atoms in total. The number of fused-ring (bicyclic) bond motifs is 1. The zero-order valence-electron chi connectivity index (χ0n) is 18.8. The maximum absolute atomic E-state index is 13.0. The van der Waals surface area contributed by atoms with Gasteiger partial charge >= 0.3 is 0 Å². The van der Waals surface area contributed by atoms with Gasteiger partial charge in [-0.3, -0.25) is 9.59 Å². The average Bonchev–Trinajstić information content (AvgIpc) is 3.26. The SMILES string of the molecule is COc1ccc(/C=C(\NC(=O)c2ccc(Cl)cc2Cl)C(=O)NCCc2nc3ccccc3[nH]2)cc1. The molecule has 0 spiro atoms. The zero-order valence-corrected chi connectivity index (χ0v) is 20.3. The summed E-state index contributed by atoms with van der Waals surface area (Å²) >= 11 is 12.1. The number of rotatable bonds is 8. The molecule has 9 heteroatoms. The van der Waals surface area contributed by atoms with Crippen molar-refractivity contribution in [1.82, 2.24) is 20.6 Å². The lowest BCUT2D eigenvalue weighted by Gasteiger charge is -2.12. The molecule has 178 valence electrons. The van der Waals surface area contributed by atoms with Gasteiger partial charge in [0.1, 0.15) is 17.3 Å². The maximum atomic E-state index is 13.0. The van der Waals surface area contributed by atoms with Gasteiger partial charge in [0, 0.05) is 18.0 Å². The second kappa shape index (κ2) is 11.1. The van der Waals surface area contributed by atoms with Crippen LogP contribution in [-0.4, -0.2) is 35.4 Å². The lowest BCUT2D eigenvalue weighted by Crippen LogP contribution is -2.36. The first-order valence-electron chi connectivity index (χ1n) is 10.8. The Morgan fingerprint density at radius 3 is 2.54 bits per heavy atom. The highest BCUT2D eigenvalue weighted by Crippen LogP contribution is 2.21. The molecule has 4 rings (SSSR count). The number of carbonyl (C=O) groups excluding carboxylic acids is 2. The van der Waals surface area contributed by atoms with Gasteiger partial charge in [-0.1, -0.05) is 47.5 Å². The van der Waals surface area contributed by atoms with Gasteiger partial charge in [-0.15, -0.1) is 0 Å². The fraction of sp³-hybridized carbons (Fsp3) is 0.115. The van der Waals surface area contributed by atoms with E-state index in [0.29, 0.717) is 29.3 Å². The van der Waals surface area contributed by atoms with E-state index in [-0.39, 0.29) is 16.3 Å². The standard InChI is InChI=1S/C26H22Cl2N4O3/c1-35-18-9-6-16(7-10-18)14-23(32-25(33)19-11-8-17(27)15-20(19)28)26(34)29-13-12-24-30-21-4-2-3-5-22(21)31-24/h2-11,14-15H,12-13H2,1H3,(H,29,34)(H,30,31)(H,32,33)/b23-14-. The number of imidazole rings is 1. The molecule has 3 aromatic carbocycles. The first-order valence-corrected chi connectivity index (χ1v) is 11.5. The number of para-hydroxylation sites is 2. The molecule has 35 heavy (non-hydrogen) atoms. The van der Waals surface area contributed by atoms with Crippen LogP contribution >= 0.6 is 23.2 Å². The number of hydrogen-bond acceptors (Lipinski definition) is 4. The van der Waals surface area contributed by atoms with Crippen LogP contribution in [0.25, 0.3) is 17.1 Å². The number of aromatic nitrogens is 2. The minimum Gasteiger partial charge on any atom is -0.497 e. The maximum Gasteiger partial charge on any atom is 0.267 e.